The van der Waals surface area contributed by atoms with E-state index >= 15 is 0 Å². The summed E-state index contributed by atoms with van der Waals surface area (Å²) >= 11 is 7.48. The van der Waals surface area contributed by atoms with E-state index in [2.05, 4.69) is 15.5 Å². The third kappa shape index (κ3) is 5.31. The molecule has 3 rings (SSSR count). The van der Waals surface area contributed by atoms with Crippen LogP contribution in [0, 0.1) is 13.8 Å². The lowest BCUT2D eigenvalue weighted by molar-refractivity contribution is -0.113. The van der Waals surface area contributed by atoms with Gasteiger partial charge in [0.1, 0.15) is 5.75 Å². The summed E-state index contributed by atoms with van der Waals surface area (Å²) in [6, 6.07) is 13.3. The van der Waals surface area contributed by atoms with E-state index in [-0.39, 0.29) is 17.8 Å². The van der Waals surface area contributed by atoms with Gasteiger partial charge in [0.25, 0.3) is 0 Å². The van der Waals surface area contributed by atoms with Crippen LogP contribution in [0.15, 0.2) is 47.6 Å². The molecule has 3 aromatic rings. The molecule has 2 aromatic carbocycles. The molecular formula is C21H23ClN4O2S. The van der Waals surface area contributed by atoms with Crippen LogP contribution >= 0.6 is 23.4 Å². The fourth-order valence-electron chi connectivity index (χ4n) is 2.78. The van der Waals surface area contributed by atoms with Crippen molar-refractivity contribution in [3.8, 4) is 5.75 Å². The average molecular weight is 431 g/mol. The molecule has 8 heteroatoms. The number of aromatic nitrogens is 3. The topological polar surface area (TPSA) is 69.0 Å². The van der Waals surface area contributed by atoms with E-state index < -0.39 is 0 Å². The number of ether oxygens (including phenoxy) is 1. The van der Waals surface area contributed by atoms with E-state index in [1.807, 2.05) is 68.8 Å². The van der Waals surface area contributed by atoms with Crippen molar-refractivity contribution in [3.05, 3.63) is 64.4 Å². The number of anilines is 1. The number of thioether (sulfide) groups is 1. The standard InChI is InChI=1S/C21H23ClN4O2S/c1-13-9-10-14(2)17(11-13)23-19(27)12-29-21-25-24-20(26(21)4)15(3)28-18-8-6-5-7-16(18)22/h5-11,15H,12H2,1-4H3,(H,23,27). The number of aryl methyl sites for hydroxylation is 2. The molecular weight excluding hydrogens is 408 g/mol. The highest BCUT2D eigenvalue weighted by molar-refractivity contribution is 7.99. The Hall–Kier alpha value is -2.51. The number of carbonyl (C=O) groups excluding carboxylic acids is 1. The van der Waals surface area contributed by atoms with Crippen molar-refractivity contribution in [3.63, 3.8) is 0 Å². The zero-order valence-electron chi connectivity index (χ0n) is 16.8. The summed E-state index contributed by atoms with van der Waals surface area (Å²) in [6.45, 7) is 5.85. The van der Waals surface area contributed by atoms with Gasteiger partial charge in [-0.25, -0.2) is 0 Å². The Bertz CT molecular complexity index is 1020. The van der Waals surface area contributed by atoms with E-state index in [1.54, 1.807) is 6.07 Å². The second kappa shape index (κ2) is 9.33. The number of carbonyl (C=O) groups is 1. The number of nitrogens with zero attached hydrogens (tertiary/aromatic N) is 3. The third-order valence-corrected chi connectivity index (χ3v) is 5.70. The Morgan fingerprint density at radius 1 is 1.24 bits per heavy atom. The van der Waals surface area contributed by atoms with E-state index in [0.717, 1.165) is 16.8 Å². The van der Waals surface area contributed by atoms with Crippen molar-refractivity contribution in [2.45, 2.75) is 32.0 Å². The van der Waals surface area contributed by atoms with E-state index in [0.29, 0.717) is 21.8 Å². The predicted octanol–water partition coefficient (Wildman–Crippen LogP) is 4.96. The molecule has 1 aromatic heterocycles. The van der Waals surface area contributed by atoms with Gasteiger partial charge in [-0.15, -0.1) is 10.2 Å². The van der Waals surface area contributed by atoms with Gasteiger partial charge in [-0.3, -0.25) is 4.79 Å². The molecule has 1 amide bonds. The molecule has 0 fully saturated rings. The quantitative estimate of drug-likeness (QED) is 0.536. The first kappa shape index (κ1) is 21.2. The van der Waals surface area contributed by atoms with Gasteiger partial charge >= 0.3 is 0 Å². The monoisotopic (exact) mass is 430 g/mol. The van der Waals surface area contributed by atoms with Gasteiger partial charge in [0.2, 0.25) is 5.91 Å². The van der Waals surface area contributed by atoms with Crippen LogP contribution in [0.25, 0.3) is 0 Å². The summed E-state index contributed by atoms with van der Waals surface area (Å²) in [5.41, 5.74) is 2.96. The molecule has 0 aliphatic carbocycles. The SMILES string of the molecule is Cc1ccc(C)c(NC(=O)CSc2nnc(C(C)Oc3ccccc3Cl)n2C)c1. The fraction of sp³-hybridized carbons (Fsp3) is 0.286. The minimum Gasteiger partial charge on any atom is -0.481 e. The summed E-state index contributed by atoms with van der Waals surface area (Å²) in [4.78, 5) is 12.4. The van der Waals surface area contributed by atoms with Gasteiger partial charge in [-0.1, -0.05) is 47.6 Å². The van der Waals surface area contributed by atoms with Crippen molar-refractivity contribution in [2.24, 2.45) is 7.05 Å². The number of hydrogen-bond acceptors (Lipinski definition) is 5. The smallest absolute Gasteiger partial charge is 0.234 e. The summed E-state index contributed by atoms with van der Waals surface area (Å²) in [5, 5.41) is 12.6. The summed E-state index contributed by atoms with van der Waals surface area (Å²) in [5.74, 6) is 1.39. The number of para-hydroxylation sites is 1. The molecule has 0 spiro atoms. The minimum atomic E-state index is -0.342. The van der Waals surface area contributed by atoms with Gasteiger partial charge in [-0.2, -0.15) is 0 Å². The lowest BCUT2D eigenvalue weighted by Gasteiger charge is -2.15. The van der Waals surface area contributed by atoms with E-state index in [4.69, 9.17) is 16.3 Å². The Balaban J connectivity index is 1.61. The number of hydrogen-bond donors (Lipinski definition) is 1. The first-order valence-electron chi connectivity index (χ1n) is 9.15. The maximum absolute atomic E-state index is 12.4. The number of halogens is 1. The molecule has 1 atom stereocenters. The second-order valence-electron chi connectivity index (χ2n) is 6.75. The summed E-state index contributed by atoms with van der Waals surface area (Å²) in [7, 11) is 1.85. The van der Waals surface area contributed by atoms with Gasteiger partial charge in [-0.05, 0) is 50.1 Å². The molecule has 6 nitrogen and oxygen atoms in total. The van der Waals surface area contributed by atoms with Crippen LogP contribution in [0.5, 0.6) is 5.75 Å². The van der Waals surface area contributed by atoms with Crippen molar-refractivity contribution >= 4 is 35.0 Å². The molecule has 0 aliphatic heterocycles. The van der Waals surface area contributed by atoms with Crippen LogP contribution in [-0.4, -0.2) is 26.4 Å². The van der Waals surface area contributed by atoms with Crippen LogP contribution in [0.1, 0.15) is 30.0 Å². The number of amides is 1. The number of rotatable bonds is 7. The molecule has 1 unspecified atom stereocenters. The third-order valence-electron chi connectivity index (χ3n) is 4.37. The molecule has 0 saturated heterocycles. The highest BCUT2D eigenvalue weighted by Crippen LogP contribution is 2.29. The largest absolute Gasteiger partial charge is 0.481 e. The number of benzene rings is 2. The van der Waals surface area contributed by atoms with Crippen molar-refractivity contribution in [1.82, 2.24) is 14.8 Å². The molecule has 1 N–H and O–H groups in total. The van der Waals surface area contributed by atoms with Crippen molar-refractivity contribution < 1.29 is 9.53 Å². The lowest BCUT2D eigenvalue weighted by Crippen LogP contribution is -2.15. The molecule has 152 valence electrons. The van der Waals surface area contributed by atoms with Gasteiger partial charge < -0.3 is 14.6 Å². The predicted molar refractivity (Wildman–Crippen MR) is 117 cm³/mol. The Morgan fingerprint density at radius 2 is 2.00 bits per heavy atom. The van der Waals surface area contributed by atoms with Crippen LogP contribution in [0.3, 0.4) is 0 Å². The van der Waals surface area contributed by atoms with Crippen LogP contribution < -0.4 is 10.1 Å². The highest BCUT2D eigenvalue weighted by Gasteiger charge is 2.19. The van der Waals surface area contributed by atoms with Crippen LogP contribution in [-0.2, 0) is 11.8 Å². The molecule has 1 heterocycles. The van der Waals surface area contributed by atoms with Gasteiger partial charge in [0.05, 0.1) is 10.8 Å². The van der Waals surface area contributed by atoms with Gasteiger partial charge in [0.15, 0.2) is 17.1 Å². The average Bonchev–Trinajstić information content (AvgIpc) is 3.05. The van der Waals surface area contributed by atoms with E-state index in [9.17, 15) is 4.79 Å². The molecule has 29 heavy (non-hydrogen) atoms. The molecule has 0 bridgehead atoms. The Labute approximate surface area is 179 Å². The fourth-order valence-corrected chi connectivity index (χ4v) is 3.67. The zero-order valence-corrected chi connectivity index (χ0v) is 18.3. The maximum Gasteiger partial charge on any atom is 0.234 e. The van der Waals surface area contributed by atoms with E-state index in [1.165, 1.54) is 11.8 Å². The van der Waals surface area contributed by atoms with Crippen molar-refractivity contribution in [1.29, 1.82) is 0 Å². The van der Waals surface area contributed by atoms with Crippen LogP contribution in [0.2, 0.25) is 5.02 Å². The van der Waals surface area contributed by atoms with Crippen molar-refractivity contribution in [2.75, 3.05) is 11.1 Å². The zero-order chi connectivity index (χ0) is 21.0. The molecule has 0 radical (unpaired) electrons. The lowest BCUT2D eigenvalue weighted by atomic mass is 10.1. The Kier molecular flexibility index (Phi) is 6.82. The Morgan fingerprint density at radius 3 is 2.76 bits per heavy atom. The normalized spacial score (nSPS) is 11.9. The second-order valence-corrected chi connectivity index (χ2v) is 8.10. The summed E-state index contributed by atoms with van der Waals surface area (Å²) < 4.78 is 7.74. The van der Waals surface area contributed by atoms with Crippen LogP contribution in [0.4, 0.5) is 5.69 Å². The minimum absolute atomic E-state index is 0.0892. The highest BCUT2D eigenvalue weighted by atomic mass is 35.5. The molecule has 0 aliphatic rings. The van der Waals surface area contributed by atoms with Gasteiger partial charge in [0, 0.05) is 12.7 Å². The first-order valence-corrected chi connectivity index (χ1v) is 10.5. The maximum atomic E-state index is 12.4. The summed E-state index contributed by atoms with van der Waals surface area (Å²) in [6.07, 6.45) is -0.342. The number of nitrogens with one attached hydrogen (secondary N) is 1. The first-order chi connectivity index (χ1) is 13.8. The molecule has 0 saturated carbocycles.